The van der Waals surface area contributed by atoms with Crippen LogP contribution in [0.2, 0.25) is 0 Å². The van der Waals surface area contributed by atoms with E-state index in [4.69, 9.17) is 0 Å². The normalized spacial score (nSPS) is 19.2. The van der Waals surface area contributed by atoms with Gasteiger partial charge in [0, 0.05) is 43.8 Å². The SMILES string of the molecule is O[C@H]1CCN(Cc2ccccc2CNCc2cncs2)C1. The van der Waals surface area contributed by atoms with E-state index in [9.17, 15) is 5.11 Å². The molecule has 0 radical (unpaired) electrons. The molecule has 0 unspecified atom stereocenters. The van der Waals surface area contributed by atoms with Gasteiger partial charge in [-0.1, -0.05) is 24.3 Å². The number of nitrogens with zero attached hydrogens (tertiary/aromatic N) is 2. The molecule has 2 heterocycles. The molecule has 4 nitrogen and oxygen atoms in total. The minimum atomic E-state index is -0.151. The minimum absolute atomic E-state index is 0.151. The molecule has 1 saturated heterocycles. The number of aromatic nitrogens is 1. The van der Waals surface area contributed by atoms with Crippen LogP contribution in [-0.2, 0) is 19.6 Å². The topological polar surface area (TPSA) is 48.4 Å². The maximum absolute atomic E-state index is 9.64. The summed E-state index contributed by atoms with van der Waals surface area (Å²) in [4.78, 5) is 7.67. The van der Waals surface area contributed by atoms with Crippen molar-refractivity contribution < 1.29 is 5.11 Å². The van der Waals surface area contributed by atoms with Crippen LogP contribution in [0.3, 0.4) is 0 Å². The smallest absolute Gasteiger partial charge is 0.0794 e. The molecule has 3 rings (SSSR count). The van der Waals surface area contributed by atoms with Crippen molar-refractivity contribution in [2.75, 3.05) is 13.1 Å². The maximum Gasteiger partial charge on any atom is 0.0794 e. The Kier molecular flexibility index (Phi) is 4.98. The van der Waals surface area contributed by atoms with Gasteiger partial charge in [-0.25, -0.2) is 0 Å². The highest BCUT2D eigenvalue weighted by molar-refractivity contribution is 7.09. The number of rotatable bonds is 6. The Morgan fingerprint density at radius 2 is 2.14 bits per heavy atom. The molecule has 21 heavy (non-hydrogen) atoms. The van der Waals surface area contributed by atoms with Crippen molar-refractivity contribution in [3.8, 4) is 0 Å². The van der Waals surface area contributed by atoms with Crippen LogP contribution in [0.1, 0.15) is 22.4 Å². The molecular formula is C16H21N3OS. The van der Waals surface area contributed by atoms with E-state index in [0.29, 0.717) is 0 Å². The Labute approximate surface area is 129 Å². The summed E-state index contributed by atoms with van der Waals surface area (Å²) >= 11 is 1.68. The third-order valence-corrected chi connectivity index (χ3v) is 4.64. The van der Waals surface area contributed by atoms with Crippen molar-refractivity contribution in [1.82, 2.24) is 15.2 Å². The quantitative estimate of drug-likeness (QED) is 0.857. The van der Waals surface area contributed by atoms with Gasteiger partial charge >= 0.3 is 0 Å². The molecule has 112 valence electrons. The molecule has 0 spiro atoms. The standard InChI is InChI=1S/C16H21N3OS/c20-15-5-6-19(11-15)10-14-4-2-1-3-13(14)7-17-8-16-9-18-12-21-16/h1-4,9,12,15,17,20H,5-8,10-11H2/t15-/m0/s1. The summed E-state index contributed by atoms with van der Waals surface area (Å²) < 4.78 is 0. The summed E-state index contributed by atoms with van der Waals surface area (Å²) in [6.07, 6.45) is 2.66. The van der Waals surface area contributed by atoms with Crippen LogP contribution in [-0.4, -0.2) is 34.2 Å². The molecule has 0 amide bonds. The second-order valence-corrected chi connectivity index (χ2v) is 6.49. The van der Waals surface area contributed by atoms with Crippen molar-refractivity contribution in [2.45, 2.75) is 32.2 Å². The van der Waals surface area contributed by atoms with Gasteiger partial charge in [-0.15, -0.1) is 11.3 Å². The van der Waals surface area contributed by atoms with Gasteiger partial charge in [0.1, 0.15) is 0 Å². The number of likely N-dealkylation sites (tertiary alicyclic amines) is 1. The number of nitrogens with one attached hydrogen (secondary N) is 1. The van der Waals surface area contributed by atoms with E-state index in [2.05, 4.69) is 39.5 Å². The van der Waals surface area contributed by atoms with Crippen LogP contribution >= 0.6 is 11.3 Å². The second-order valence-electron chi connectivity index (χ2n) is 5.52. The molecule has 2 aromatic rings. The molecule has 0 aliphatic carbocycles. The Hall–Kier alpha value is -1.27. The van der Waals surface area contributed by atoms with Crippen molar-refractivity contribution in [3.05, 3.63) is 52.0 Å². The van der Waals surface area contributed by atoms with Crippen LogP contribution < -0.4 is 5.32 Å². The van der Waals surface area contributed by atoms with E-state index in [-0.39, 0.29) is 6.10 Å². The minimum Gasteiger partial charge on any atom is -0.392 e. The number of thiazole rings is 1. The Morgan fingerprint density at radius 1 is 1.29 bits per heavy atom. The average Bonchev–Trinajstić information content (AvgIpc) is 3.13. The highest BCUT2D eigenvalue weighted by Gasteiger charge is 2.20. The molecule has 1 aromatic heterocycles. The lowest BCUT2D eigenvalue weighted by Gasteiger charge is -2.18. The lowest BCUT2D eigenvalue weighted by atomic mass is 10.1. The number of aliphatic hydroxyl groups excluding tert-OH is 1. The predicted molar refractivity (Wildman–Crippen MR) is 85.0 cm³/mol. The average molecular weight is 303 g/mol. The van der Waals surface area contributed by atoms with Gasteiger partial charge in [0.2, 0.25) is 0 Å². The monoisotopic (exact) mass is 303 g/mol. The maximum atomic E-state index is 9.64. The lowest BCUT2D eigenvalue weighted by molar-refractivity contribution is 0.174. The summed E-state index contributed by atoms with van der Waals surface area (Å²) in [7, 11) is 0. The van der Waals surface area contributed by atoms with Crippen LogP contribution in [0.25, 0.3) is 0 Å². The highest BCUT2D eigenvalue weighted by atomic mass is 32.1. The summed E-state index contributed by atoms with van der Waals surface area (Å²) in [6.45, 7) is 4.44. The fraction of sp³-hybridized carbons (Fsp3) is 0.438. The van der Waals surface area contributed by atoms with Crippen LogP contribution in [0.15, 0.2) is 36.0 Å². The molecule has 1 fully saturated rings. The summed E-state index contributed by atoms with van der Waals surface area (Å²) in [5, 5.41) is 13.1. The molecule has 0 bridgehead atoms. The largest absolute Gasteiger partial charge is 0.392 e. The third-order valence-electron chi connectivity index (χ3n) is 3.86. The van der Waals surface area contributed by atoms with Crippen LogP contribution in [0.5, 0.6) is 0 Å². The summed E-state index contributed by atoms with van der Waals surface area (Å²) in [5.41, 5.74) is 4.55. The molecule has 1 aliphatic rings. The Balaban J connectivity index is 1.57. The first-order valence-corrected chi connectivity index (χ1v) is 8.24. The number of β-amino-alcohol motifs (C(OH)–C–C–N with tert-alkyl or cyclic N) is 1. The van der Waals surface area contributed by atoms with Crippen molar-refractivity contribution in [3.63, 3.8) is 0 Å². The predicted octanol–water partition coefficient (Wildman–Crippen LogP) is 2.00. The molecular weight excluding hydrogens is 282 g/mol. The van der Waals surface area contributed by atoms with Crippen LogP contribution in [0, 0.1) is 0 Å². The first-order valence-electron chi connectivity index (χ1n) is 7.36. The van der Waals surface area contributed by atoms with E-state index in [1.807, 2.05) is 11.7 Å². The van der Waals surface area contributed by atoms with Gasteiger partial charge in [0.25, 0.3) is 0 Å². The van der Waals surface area contributed by atoms with E-state index < -0.39 is 0 Å². The summed E-state index contributed by atoms with van der Waals surface area (Å²) in [5.74, 6) is 0. The molecule has 1 aliphatic heterocycles. The first kappa shape index (κ1) is 14.7. The van der Waals surface area contributed by atoms with Gasteiger partial charge in [-0.3, -0.25) is 9.88 Å². The van der Waals surface area contributed by atoms with Gasteiger partial charge in [-0.2, -0.15) is 0 Å². The van der Waals surface area contributed by atoms with Crippen molar-refractivity contribution in [1.29, 1.82) is 0 Å². The molecule has 1 atom stereocenters. The van der Waals surface area contributed by atoms with E-state index in [1.54, 1.807) is 11.3 Å². The number of aliphatic hydroxyl groups is 1. The molecule has 1 aromatic carbocycles. The second kappa shape index (κ2) is 7.13. The zero-order valence-electron chi connectivity index (χ0n) is 12.0. The number of hydrogen-bond acceptors (Lipinski definition) is 5. The Morgan fingerprint density at radius 3 is 2.86 bits per heavy atom. The van der Waals surface area contributed by atoms with Gasteiger partial charge in [0.15, 0.2) is 0 Å². The zero-order chi connectivity index (χ0) is 14.5. The highest BCUT2D eigenvalue weighted by Crippen LogP contribution is 2.16. The fourth-order valence-electron chi connectivity index (χ4n) is 2.73. The molecule has 0 saturated carbocycles. The van der Waals surface area contributed by atoms with Gasteiger partial charge < -0.3 is 10.4 Å². The Bertz CT molecular complexity index is 558. The summed E-state index contributed by atoms with van der Waals surface area (Å²) in [6, 6.07) is 8.55. The first-order chi connectivity index (χ1) is 10.3. The van der Waals surface area contributed by atoms with Crippen LogP contribution in [0.4, 0.5) is 0 Å². The van der Waals surface area contributed by atoms with Gasteiger partial charge in [-0.05, 0) is 17.5 Å². The van der Waals surface area contributed by atoms with Crippen molar-refractivity contribution in [2.24, 2.45) is 0 Å². The van der Waals surface area contributed by atoms with Crippen molar-refractivity contribution >= 4 is 11.3 Å². The fourth-order valence-corrected chi connectivity index (χ4v) is 3.29. The number of hydrogen-bond donors (Lipinski definition) is 2. The third kappa shape index (κ3) is 4.11. The number of benzene rings is 1. The van der Waals surface area contributed by atoms with E-state index >= 15 is 0 Å². The van der Waals surface area contributed by atoms with E-state index in [0.717, 1.165) is 39.1 Å². The molecule has 2 N–H and O–H groups in total. The zero-order valence-corrected chi connectivity index (χ0v) is 12.9. The molecule has 5 heteroatoms. The van der Waals surface area contributed by atoms with Gasteiger partial charge in [0.05, 0.1) is 11.6 Å². The lowest BCUT2D eigenvalue weighted by Crippen LogP contribution is -2.23. The van der Waals surface area contributed by atoms with E-state index in [1.165, 1.54) is 16.0 Å².